The number of unbranched alkanes of at least 4 members (excludes halogenated alkanes) is 9. The molecule has 0 nitrogen and oxygen atoms in total. The van der Waals surface area contributed by atoms with Gasteiger partial charge in [-0.1, -0.05) is 160 Å². The van der Waals surface area contributed by atoms with Gasteiger partial charge in [0.15, 0.2) is 0 Å². The van der Waals surface area contributed by atoms with Gasteiger partial charge in [0.05, 0.1) is 0 Å². The van der Waals surface area contributed by atoms with E-state index in [2.05, 4.69) is 13.8 Å². The van der Waals surface area contributed by atoms with Crippen molar-refractivity contribution in [3.05, 3.63) is 0 Å². The van der Waals surface area contributed by atoms with Gasteiger partial charge in [-0.25, -0.2) is 0 Å². The molecule has 1 aliphatic carbocycles. The van der Waals surface area contributed by atoms with Gasteiger partial charge >= 0.3 is 0 Å². The lowest BCUT2D eigenvalue weighted by Gasteiger charge is -2.22. The van der Waals surface area contributed by atoms with Gasteiger partial charge < -0.3 is 0 Å². The first kappa shape index (κ1) is 24.1. The SMILES string of the molecule is CCCCCCCCC(BC1CCCCCCCC1)CCCCCCC. The molecule has 0 aromatic heterocycles. The maximum absolute atomic E-state index is 2.33. The van der Waals surface area contributed by atoms with Crippen LogP contribution in [0.5, 0.6) is 0 Å². The molecule has 0 N–H and O–H groups in total. The molecule has 1 fully saturated rings. The molecule has 1 saturated carbocycles. The average molecular weight is 362 g/mol. The van der Waals surface area contributed by atoms with Gasteiger partial charge in [-0.05, 0) is 0 Å². The van der Waals surface area contributed by atoms with E-state index in [1.54, 1.807) is 20.1 Å². The van der Waals surface area contributed by atoms with Crippen molar-refractivity contribution < 1.29 is 0 Å². The first-order valence-corrected chi connectivity index (χ1v) is 12.9. The zero-order valence-corrected chi connectivity index (χ0v) is 18.7. The summed E-state index contributed by atoms with van der Waals surface area (Å²) in [7, 11) is 1.57. The van der Waals surface area contributed by atoms with E-state index < -0.39 is 0 Å². The van der Waals surface area contributed by atoms with Gasteiger partial charge in [-0.15, -0.1) is 0 Å². The normalized spacial score (nSPS) is 18.1. The van der Waals surface area contributed by atoms with E-state index in [0.29, 0.717) is 0 Å². The summed E-state index contributed by atoms with van der Waals surface area (Å²) in [4.78, 5) is 0. The molecule has 1 heteroatoms. The van der Waals surface area contributed by atoms with Crippen LogP contribution in [0.25, 0.3) is 0 Å². The second kappa shape index (κ2) is 18.4. The van der Waals surface area contributed by atoms with Crippen LogP contribution in [0.2, 0.25) is 11.6 Å². The second-order valence-electron chi connectivity index (χ2n) is 9.43. The zero-order chi connectivity index (χ0) is 18.7. The third-order valence-corrected chi connectivity index (χ3v) is 6.82. The highest BCUT2D eigenvalue weighted by atomic mass is 14.1. The Morgan fingerprint density at radius 3 is 1.50 bits per heavy atom. The molecule has 1 unspecified atom stereocenters. The molecule has 1 rings (SSSR count). The van der Waals surface area contributed by atoms with Crippen molar-refractivity contribution in [2.24, 2.45) is 0 Å². The summed E-state index contributed by atoms with van der Waals surface area (Å²) < 4.78 is 0. The molecule has 0 aliphatic heterocycles. The van der Waals surface area contributed by atoms with E-state index in [-0.39, 0.29) is 0 Å². The predicted octanol–water partition coefficient (Wildman–Crippen LogP) is 9.25. The van der Waals surface area contributed by atoms with Crippen LogP contribution in [0.1, 0.15) is 149 Å². The van der Waals surface area contributed by atoms with E-state index in [9.17, 15) is 0 Å². The fourth-order valence-electron chi connectivity index (χ4n) is 5.05. The maximum atomic E-state index is 2.33. The first-order valence-electron chi connectivity index (χ1n) is 12.9. The monoisotopic (exact) mass is 362 g/mol. The van der Waals surface area contributed by atoms with Gasteiger partial charge in [-0.2, -0.15) is 0 Å². The Morgan fingerprint density at radius 1 is 0.577 bits per heavy atom. The molecule has 0 spiro atoms. The third kappa shape index (κ3) is 14.2. The van der Waals surface area contributed by atoms with E-state index in [0.717, 1.165) is 11.6 Å². The molecule has 0 saturated heterocycles. The molecular formula is C25H51B. The number of rotatable bonds is 15. The highest BCUT2D eigenvalue weighted by Crippen LogP contribution is 2.33. The molecule has 26 heavy (non-hydrogen) atoms. The van der Waals surface area contributed by atoms with Crippen LogP contribution >= 0.6 is 0 Å². The highest BCUT2D eigenvalue weighted by Gasteiger charge is 2.18. The lowest BCUT2D eigenvalue weighted by atomic mass is 9.50. The lowest BCUT2D eigenvalue weighted by Crippen LogP contribution is -2.12. The molecule has 0 radical (unpaired) electrons. The standard InChI is InChI=1S/C25H51B/c1-3-5-7-9-13-17-21-24(20-16-12-8-6-4-2)26-25-22-18-14-10-11-15-19-23-25/h24-26H,3-23H2,1-2H3. The van der Waals surface area contributed by atoms with Crippen LogP contribution in [-0.4, -0.2) is 7.28 Å². The molecular weight excluding hydrogens is 311 g/mol. The van der Waals surface area contributed by atoms with Crippen molar-refractivity contribution >= 4 is 7.28 Å². The van der Waals surface area contributed by atoms with E-state index >= 15 is 0 Å². The summed E-state index contributed by atoms with van der Waals surface area (Å²) in [5, 5.41) is 0. The minimum Gasteiger partial charge on any atom is -0.0654 e. The van der Waals surface area contributed by atoms with Gasteiger partial charge in [0.1, 0.15) is 7.28 Å². The Hall–Kier alpha value is 0.0649. The largest absolute Gasteiger partial charge is 0.127 e. The summed E-state index contributed by atoms with van der Waals surface area (Å²) in [5.41, 5.74) is 0. The molecule has 0 heterocycles. The predicted molar refractivity (Wildman–Crippen MR) is 123 cm³/mol. The van der Waals surface area contributed by atoms with Crippen LogP contribution in [0.15, 0.2) is 0 Å². The van der Waals surface area contributed by atoms with Crippen molar-refractivity contribution in [3.8, 4) is 0 Å². The molecule has 0 aromatic rings. The minimum absolute atomic E-state index is 1.05. The van der Waals surface area contributed by atoms with E-state index in [4.69, 9.17) is 0 Å². The fraction of sp³-hybridized carbons (Fsp3) is 1.00. The average Bonchev–Trinajstić information content (AvgIpc) is 2.78. The molecule has 0 aromatic carbocycles. The Kier molecular flexibility index (Phi) is 17.1. The third-order valence-electron chi connectivity index (χ3n) is 6.82. The van der Waals surface area contributed by atoms with Crippen molar-refractivity contribution in [3.63, 3.8) is 0 Å². The van der Waals surface area contributed by atoms with E-state index in [1.807, 2.05) is 0 Å². The Labute approximate surface area is 167 Å². The maximum Gasteiger partial charge on any atom is 0.127 e. The fourth-order valence-corrected chi connectivity index (χ4v) is 5.05. The topological polar surface area (TPSA) is 0 Å². The quantitative estimate of drug-likeness (QED) is 0.201. The van der Waals surface area contributed by atoms with Crippen LogP contribution in [0.4, 0.5) is 0 Å². The van der Waals surface area contributed by atoms with Gasteiger partial charge in [0, 0.05) is 0 Å². The smallest absolute Gasteiger partial charge is 0.0654 e. The summed E-state index contributed by atoms with van der Waals surface area (Å²) in [6, 6.07) is 0. The van der Waals surface area contributed by atoms with E-state index in [1.165, 1.54) is 122 Å². The van der Waals surface area contributed by atoms with Gasteiger partial charge in [0.2, 0.25) is 0 Å². The summed E-state index contributed by atoms with van der Waals surface area (Å²) in [5.74, 6) is 2.11. The Bertz CT molecular complexity index is 265. The summed E-state index contributed by atoms with van der Waals surface area (Å²) >= 11 is 0. The number of hydrogen-bond donors (Lipinski definition) is 0. The van der Waals surface area contributed by atoms with Crippen LogP contribution in [-0.2, 0) is 0 Å². The van der Waals surface area contributed by atoms with Crippen molar-refractivity contribution in [2.75, 3.05) is 0 Å². The van der Waals surface area contributed by atoms with Crippen molar-refractivity contribution in [2.45, 2.75) is 160 Å². The molecule has 0 bridgehead atoms. The Morgan fingerprint density at radius 2 is 1.00 bits per heavy atom. The van der Waals surface area contributed by atoms with Crippen LogP contribution < -0.4 is 0 Å². The van der Waals surface area contributed by atoms with Crippen LogP contribution in [0, 0.1) is 0 Å². The minimum atomic E-state index is 1.05. The van der Waals surface area contributed by atoms with Gasteiger partial charge in [-0.3, -0.25) is 0 Å². The van der Waals surface area contributed by atoms with Crippen LogP contribution in [0.3, 0.4) is 0 Å². The lowest BCUT2D eigenvalue weighted by molar-refractivity contribution is 0.526. The Balaban J connectivity index is 2.31. The summed E-state index contributed by atoms with van der Waals surface area (Å²) in [6.07, 6.45) is 31.3. The molecule has 154 valence electrons. The summed E-state index contributed by atoms with van der Waals surface area (Å²) in [6.45, 7) is 4.66. The van der Waals surface area contributed by atoms with Crippen molar-refractivity contribution in [1.82, 2.24) is 0 Å². The first-order chi connectivity index (χ1) is 12.9. The second-order valence-corrected chi connectivity index (χ2v) is 9.43. The molecule has 1 atom stereocenters. The zero-order valence-electron chi connectivity index (χ0n) is 18.7. The molecule has 1 aliphatic rings. The number of hydrogen-bond acceptors (Lipinski definition) is 0. The van der Waals surface area contributed by atoms with Gasteiger partial charge in [0.25, 0.3) is 0 Å². The van der Waals surface area contributed by atoms with Crippen molar-refractivity contribution in [1.29, 1.82) is 0 Å². The highest BCUT2D eigenvalue weighted by molar-refractivity contribution is 6.39. The molecule has 0 amide bonds.